The van der Waals surface area contributed by atoms with Gasteiger partial charge in [-0.1, -0.05) is 75.6 Å². The lowest BCUT2D eigenvalue weighted by Gasteiger charge is -2.23. The molecule has 3 aromatic rings. The van der Waals surface area contributed by atoms with Crippen LogP contribution in [0.3, 0.4) is 0 Å². The van der Waals surface area contributed by atoms with E-state index < -0.39 is 12.1 Å². The molecule has 0 spiro atoms. The second-order valence-electron chi connectivity index (χ2n) is 6.88. The first-order valence-electron chi connectivity index (χ1n) is 9.59. The average molecular weight is 567 g/mol. The fourth-order valence-electron chi connectivity index (χ4n) is 2.71. The van der Waals surface area contributed by atoms with E-state index in [1.807, 2.05) is 50.2 Å². The Morgan fingerprint density at radius 2 is 1.58 bits per heavy atom. The average Bonchev–Trinajstić information content (AvgIpc) is 3.22. The normalized spacial score (nSPS) is 12.6. The van der Waals surface area contributed by atoms with Gasteiger partial charge in [-0.2, -0.15) is 0 Å². The third kappa shape index (κ3) is 6.59. The molecular weight excluding hydrogens is 546 g/mol. The van der Waals surface area contributed by atoms with Crippen molar-refractivity contribution in [2.75, 3.05) is 10.6 Å². The van der Waals surface area contributed by atoms with Gasteiger partial charge in [-0.25, -0.2) is 4.79 Å². The highest BCUT2D eigenvalue weighted by Gasteiger charge is 2.27. The lowest BCUT2D eigenvalue weighted by Crippen LogP contribution is -2.49. The third-order valence-electron chi connectivity index (χ3n) is 4.63. The van der Waals surface area contributed by atoms with Crippen molar-refractivity contribution in [2.45, 2.75) is 26.3 Å². The van der Waals surface area contributed by atoms with Crippen LogP contribution in [0.2, 0.25) is 0 Å². The summed E-state index contributed by atoms with van der Waals surface area (Å²) in [6.07, 6.45) is 0.719. The molecule has 0 aliphatic heterocycles. The maximum absolute atomic E-state index is 12.9. The van der Waals surface area contributed by atoms with Gasteiger partial charge < -0.3 is 10.6 Å². The molecule has 0 saturated heterocycles. The molecule has 10 heteroatoms. The van der Waals surface area contributed by atoms with Crippen LogP contribution in [0.4, 0.5) is 15.6 Å². The first kappa shape index (κ1) is 23.4. The van der Waals surface area contributed by atoms with Gasteiger partial charge in [-0.15, -0.1) is 10.2 Å². The third-order valence-corrected chi connectivity index (χ3v) is 6.58. The monoisotopic (exact) mass is 565 g/mol. The van der Waals surface area contributed by atoms with Crippen molar-refractivity contribution < 1.29 is 9.59 Å². The number of carbonyl (C=O) groups is 2. The van der Waals surface area contributed by atoms with E-state index in [-0.39, 0.29) is 11.8 Å². The first-order chi connectivity index (χ1) is 14.9. The Labute approximate surface area is 201 Å². The van der Waals surface area contributed by atoms with E-state index in [1.165, 1.54) is 11.3 Å². The van der Waals surface area contributed by atoms with E-state index in [9.17, 15) is 9.59 Å². The van der Waals surface area contributed by atoms with Crippen LogP contribution in [0.25, 0.3) is 10.6 Å². The summed E-state index contributed by atoms with van der Waals surface area (Å²) in [5, 5.41) is 17.6. The first-order valence-corrected chi connectivity index (χ1v) is 12.0. The molecule has 0 unspecified atom stereocenters. The maximum Gasteiger partial charge on any atom is 0.319 e. The minimum absolute atomic E-state index is 0.0745. The number of carbonyl (C=O) groups excluding carboxylic acids is 2. The number of benzene rings is 2. The van der Waals surface area contributed by atoms with Crippen molar-refractivity contribution >= 4 is 66.0 Å². The molecule has 0 aliphatic rings. The van der Waals surface area contributed by atoms with E-state index in [2.05, 4.69) is 58.0 Å². The van der Waals surface area contributed by atoms with Gasteiger partial charge in [0.05, 0.1) is 0 Å². The van der Waals surface area contributed by atoms with Crippen LogP contribution >= 0.6 is 43.2 Å². The largest absolute Gasteiger partial charge is 0.326 e. The van der Waals surface area contributed by atoms with E-state index in [0.717, 1.165) is 20.9 Å². The molecule has 3 N–H and O–H groups in total. The van der Waals surface area contributed by atoms with Gasteiger partial charge in [0.2, 0.25) is 11.0 Å². The fourth-order valence-corrected chi connectivity index (χ4v) is 3.99. The molecule has 0 bridgehead atoms. The Bertz CT molecular complexity index is 1040. The molecule has 0 radical (unpaired) electrons. The molecule has 0 saturated carbocycles. The van der Waals surface area contributed by atoms with Gasteiger partial charge in [0.1, 0.15) is 11.0 Å². The van der Waals surface area contributed by atoms with Crippen molar-refractivity contribution in [2.24, 2.45) is 5.92 Å². The predicted octanol–water partition coefficient (Wildman–Crippen LogP) is 5.91. The zero-order chi connectivity index (χ0) is 22.4. The standard InChI is InChI=1S/C21H21Br2N5O2S/c1-3-12(2)17(25-20(30)24-16-10-8-15(23)9-11-16)18(29)26-21-28-27-19(31-21)13-4-6-14(22)7-5-13/h4-12,17H,3H2,1-2H3,(H2,24,25,30)(H,26,28,29)/t12-,17+/m0/s1. The summed E-state index contributed by atoms with van der Waals surface area (Å²) in [6, 6.07) is 13.7. The zero-order valence-corrected chi connectivity index (χ0v) is 20.8. The highest BCUT2D eigenvalue weighted by Crippen LogP contribution is 2.27. The smallest absolute Gasteiger partial charge is 0.319 e. The lowest BCUT2D eigenvalue weighted by molar-refractivity contribution is -0.119. The van der Waals surface area contributed by atoms with Gasteiger partial charge in [0.25, 0.3) is 0 Å². The molecule has 1 aromatic heterocycles. The highest BCUT2D eigenvalue weighted by atomic mass is 79.9. The number of rotatable bonds is 7. The van der Waals surface area contributed by atoms with Crippen molar-refractivity contribution in [3.05, 3.63) is 57.5 Å². The summed E-state index contributed by atoms with van der Waals surface area (Å²) >= 11 is 8.04. The van der Waals surface area contributed by atoms with Crippen LogP contribution in [0.5, 0.6) is 0 Å². The SMILES string of the molecule is CC[C@H](C)[C@@H](NC(=O)Nc1ccc(Br)cc1)C(=O)Nc1nnc(-c2ccc(Br)cc2)s1. The molecule has 162 valence electrons. The minimum atomic E-state index is -0.722. The molecular formula is C21H21Br2N5O2S. The number of nitrogens with one attached hydrogen (secondary N) is 3. The molecule has 31 heavy (non-hydrogen) atoms. The topological polar surface area (TPSA) is 96.0 Å². The second kappa shape index (κ2) is 10.8. The summed E-state index contributed by atoms with van der Waals surface area (Å²) in [7, 11) is 0. The molecule has 2 aromatic carbocycles. The number of hydrogen-bond acceptors (Lipinski definition) is 5. The second-order valence-corrected chi connectivity index (χ2v) is 9.69. The van der Waals surface area contributed by atoms with Crippen molar-refractivity contribution in [1.82, 2.24) is 15.5 Å². The van der Waals surface area contributed by atoms with Gasteiger partial charge in [-0.3, -0.25) is 10.1 Å². The lowest BCUT2D eigenvalue weighted by atomic mass is 9.98. The number of urea groups is 1. The van der Waals surface area contributed by atoms with Crippen LogP contribution in [0.1, 0.15) is 20.3 Å². The predicted molar refractivity (Wildman–Crippen MR) is 131 cm³/mol. The maximum atomic E-state index is 12.9. The molecule has 0 aliphatic carbocycles. The summed E-state index contributed by atoms with van der Waals surface area (Å²) in [4.78, 5) is 25.4. The fraction of sp³-hybridized carbons (Fsp3) is 0.238. The Morgan fingerprint density at radius 1 is 0.968 bits per heavy atom. The number of anilines is 2. The minimum Gasteiger partial charge on any atom is -0.326 e. The molecule has 3 amide bonds. The van der Waals surface area contributed by atoms with Crippen LogP contribution in [-0.4, -0.2) is 28.2 Å². The summed E-state index contributed by atoms with van der Waals surface area (Å²) in [5.41, 5.74) is 1.54. The number of nitrogens with zero attached hydrogens (tertiary/aromatic N) is 2. The molecule has 1 heterocycles. The van der Waals surface area contributed by atoms with Gasteiger partial charge in [-0.05, 0) is 42.3 Å². The summed E-state index contributed by atoms with van der Waals surface area (Å²) in [5.74, 6) is -0.409. The van der Waals surface area contributed by atoms with Gasteiger partial charge in [0.15, 0.2) is 0 Å². The molecule has 3 rings (SSSR count). The van der Waals surface area contributed by atoms with Gasteiger partial charge in [0, 0.05) is 20.2 Å². The Morgan fingerprint density at radius 3 is 2.19 bits per heavy atom. The molecule has 0 fully saturated rings. The van der Waals surface area contributed by atoms with Crippen LogP contribution < -0.4 is 16.0 Å². The van der Waals surface area contributed by atoms with E-state index in [1.54, 1.807) is 12.1 Å². The van der Waals surface area contributed by atoms with E-state index in [4.69, 9.17) is 0 Å². The van der Waals surface area contributed by atoms with E-state index >= 15 is 0 Å². The van der Waals surface area contributed by atoms with Crippen molar-refractivity contribution in [3.63, 3.8) is 0 Å². The summed E-state index contributed by atoms with van der Waals surface area (Å²) < 4.78 is 1.88. The van der Waals surface area contributed by atoms with Crippen molar-refractivity contribution in [1.29, 1.82) is 0 Å². The van der Waals surface area contributed by atoms with Gasteiger partial charge >= 0.3 is 6.03 Å². The van der Waals surface area contributed by atoms with Crippen LogP contribution in [-0.2, 0) is 4.79 Å². The van der Waals surface area contributed by atoms with Crippen LogP contribution in [0, 0.1) is 5.92 Å². The Kier molecular flexibility index (Phi) is 8.16. The van der Waals surface area contributed by atoms with Crippen molar-refractivity contribution in [3.8, 4) is 10.6 Å². The Balaban J connectivity index is 1.66. The number of hydrogen-bond donors (Lipinski definition) is 3. The number of amides is 3. The Hall–Kier alpha value is -2.30. The number of aromatic nitrogens is 2. The zero-order valence-electron chi connectivity index (χ0n) is 16.9. The molecule has 7 nitrogen and oxygen atoms in total. The quantitative estimate of drug-likeness (QED) is 0.331. The molecule has 2 atom stereocenters. The summed E-state index contributed by atoms with van der Waals surface area (Å²) in [6.45, 7) is 3.88. The van der Waals surface area contributed by atoms with Crippen LogP contribution in [0.15, 0.2) is 57.5 Å². The van der Waals surface area contributed by atoms with E-state index in [0.29, 0.717) is 15.8 Å². The number of halogens is 2. The highest BCUT2D eigenvalue weighted by molar-refractivity contribution is 9.10.